The SMILES string of the molecule is CCOCCN(C)c1cc(C(N)=S)cc(C)n1. The van der Waals surface area contributed by atoms with Gasteiger partial charge < -0.3 is 15.4 Å². The molecular weight excluding hydrogens is 234 g/mol. The molecule has 0 amide bonds. The second-order valence-corrected chi connectivity index (χ2v) is 4.28. The summed E-state index contributed by atoms with van der Waals surface area (Å²) >= 11 is 4.98. The van der Waals surface area contributed by atoms with E-state index in [0.29, 0.717) is 11.6 Å². The van der Waals surface area contributed by atoms with Crippen LogP contribution in [0.25, 0.3) is 0 Å². The molecule has 0 aliphatic carbocycles. The van der Waals surface area contributed by atoms with Crippen LogP contribution in [-0.4, -0.2) is 36.8 Å². The zero-order valence-corrected chi connectivity index (χ0v) is 11.4. The molecule has 4 nitrogen and oxygen atoms in total. The summed E-state index contributed by atoms with van der Waals surface area (Å²) < 4.78 is 5.31. The predicted molar refractivity (Wildman–Crippen MR) is 74.6 cm³/mol. The summed E-state index contributed by atoms with van der Waals surface area (Å²) in [5, 5.41) is 0. The van der Waals surface area contributed by atoms with Crippen molar-refractivity contribution in [3.63, 3.8) is 0 Å². The number of anilines is 1. The predicted octanol–water partition coefficient (Wildman–Crippen LogP) is 1.50. The Bertz CT molecular complexity index is 395. The van der Waals surface area contributed by atoms with E-state index in [1.165, 1.54) is 0 Å². The van der Waals surface area contributed by atoms with E-state index in [1.54, 1.807) is 0 Å². The third kappa shape index (κ3) is 4.28. The molecule has 1 aromatic rings. The van der Waals surface area contributed by atoms with Gasteiger partial charge in [-0.1, -0.05) is 12.2 Å². The molecule has 0 atom stereocenters. The largest absolute Gasteiger partial charge is 0.389 e. The van der Waals surface area contributed by atoms with Gasteiger partial charge in [0.1, 0.15) is 10.8 Å². The van der Waals surface area contributed by atoms with Crippen molar-refractivity contribution in [2.45, 2.75) is 13.8 Å². The first-order valence-corrected chi connectivity index (χ1v) is 6.02. The Kier molecular flexibility index (Phi) is 5.31. The maximum atomic E-state index is 5.63. The minimum atomic E-state index is 0.398. The van der Waals surface area contributed by atoms with Crippen LogP contribution in [0.5, 0.6) is 0 Å². The Balaban J connectivity index is 2.78. The summed E-state index contributed by atoms with van der Waals surface area (Å²) in [6, 6.07) is 3.80. The van der Waals surface area contributed by atoms with Crippen molar-refractivity contribution in [3.8, 4) is 0 Å². The molecule has 0 aliphatic rings. The molecule has 5 heteroatoms. The standard InChI is InChI=1S/C12H19N3OS/c1-4-16-6-5-15(3)11-8-10(12(13)17)7-9(2)14-11/h7-8H,4-6H2,1-3H3,(H2,13,17). The number of thiocarbonyl (C=S) groups is 1. The van der Waals surface area contributed by atoms with Crippen molar-refractivity contribution in [1.82, 2.24) is 4.98 Å². The Labute approximate surface area is 108 Å². The van der Waals surface area contributed by atoms with Gasteiger partial charge in [0.25, 0.3) is 0 Å². The lowest BCUT2D eigenvalue weighted by molar-refractivity contribution is 0.154. The average molecular weight is 253 g/mol. The van der Waals surface area contributed by atoms with Crippen molar-refractivity contribution in [1.29, 1.82) is 0 Å². The normalized spacial score (nSPS) is 10.3. The van der Waals surface area contributed by atoms with Crippen LogP contribution in [0, 0.1) is 6.92 Å². The number of nitrogens with two attached hydrogens (primary N) is 1. The molecule has 1 rings (SSSR count). The van der Waals surface area contributed by atoms with E-state index < -0.39 is 0 Å². The molecule has 94 valence electrons. The second-order valence-electron chi connectivity index (χ2n) is 3.84. The highest BCUT2D eigenvalue weighted by Crippen LogP contribution is 2.13. The van der Waals surface area contributed by atoms with Crippen LogP contribution in [0.2, 0.25) is 0 Å². The molecule has 2 N–H and O–H groups in total. The van der Waals surface area contributed by atoms with Crippen molar-refractivity contribution in [2.75, 3.05) is 31.7 Å². The van der Waals surface area contributed by atoms with Gasteiger partial charge in [-0.05, 0) is 26.0 Å². The molecule has 1 aromatic heterocycles. The van der Waals surface area contributed by atoms with Crippen LogP contribution in [0.3, 0.4) is 0 Å². The van der Waals surface area contributed by atoms with Crippen LogP contribution in [0.15, 0.2) is 12.1 Å². The van der Waals surface area contributed by atoms with E-state index in [0.717, 1.165) is 30.2 Å². The molecule has 0 spiro atoms. The summed E-state index contributed by atoms with van der Waals surface area (Å²) in [4.78, 5) is 6.88. The van der Waals surface area contributed by atoms with Gasteiger partial charge in [-0.15, -0.1) is 0 Å². The molecule has 0 fully saturated rings. The third-order valence-corrected chi connectivity index (χ3v) is 2.63. The molecule has 0 saturated carbocycles. The molecule has 0 aliphatic heterocycles. The fourth-order valence-corrected chi connectivity index (χ4v) is 1.57. The topological polar surface area (TPSA) is 51.4 Å². The van der Waals surface area contributed by atoms with E-state index in [-0.39, 0.29) is 0 Å². The van der Waals surface area contributed by atoms with Gasteiger partial charge in [0.2, 0.25) is 0 Å². The number of likely N-dealkylation sites (N-methyl/N-ethyl adjacent to an activating group) is 1. The smallest absolute Gasteiger partial charge is 0.129 e. The summed E-state index contributed by atoms with van der Waals surface area (Å²) in [6.45, 7) is 6.12. The van der Waals surface area contributed by atoms with E-state index in [2.05, 4.69) is 4.98 Å². The molecule has 0 aromatic carbocycles. The Morgan fingerprint density at radius 1 is 1.53 bits per heavy atom. The Morgan fingerprint density at radius 3 is 2.82 bits per heavy atom. The summed E-state index contributed by atoms with van der Waals surface area (Å²) in [6.07, 6.45) is 0. The highest BCUT2D eigenvalue weighted by Gasteiger charge is 2.06. The van der Waals surface area contributed by atoms with Crippen LogP contribution in [-0.2, 0) is 4.74 Å². The highest BCUT2D eigenvalue weighted by atomic mass is 32.1. The van der Waals surface area contributed by atoms with Gasteiger partial charge in [-0.3, -0.25) is 0 Å². The van der Waals surface area contributed by atoms with Gasteiger partial charge in [0, 0.05) is 31.5 Å². The second kappa shape index (κ2) is 6.51. The van der Waals surface area contributed by atoms with Gasteiger partial charge in [0.05, 0.1) is 6.61 Å². The van der Waals surface area contributed by atoms with Crippen molar-refractivity contribution >= 4 is 23.0 Å². The molecule has 0 saturated heterocycles. The third-order valence-electron chi connectivity index (χ3n) is 2.39. The van der Waals surface area contributed by atoms with E-state index in [9.17, 15) is 0 Å². The first-order chi connectivity index (χ1) is 8.04. The number of hydrogen-bond acceptors (Lipinski definition) is 4. The van der Waals surface area contributed by atoms with E-state index in [1.807, 2.05) is 37.9 Å². The number of rotatable bonds is 6. The van der Waals surface area contributed by atoms with Gasteiger partial charge >= 0.3 is 0 Å². The maximum Gasteiger partial charge on any atom is 0.129 e. The molecule has 0 unspecified atom stereocenters. The van der Waals surface area contributed by atoms with Crippen LogP contribution in [0.4, 0.5) is 5.82 Å². The van der Waals surface area contributed by atoms with Crippen LogP contribution < -0.4 is 10.6 Å². The summed E-state index contributed by atoms with van der Waals surface area (Å²) in [7, 11) is 1.98. The maximum absolute atomic E-state index is 5.63. The van der Waals surface area contributed by atoms with E-state index in [4.69, 9.17) is 22.7 Å². The molecular formula is C12H19N3OS. The lowest BCUT2D eigenvalue weighted by Crippen LogP contribution is -2.24. The number of nitrogens with zero attached hydrogens (tertiary/aromatic N) is 2. The van der Waals surface area contributed by atoms with Gasteiger partial charge in [0.15, 0.2) is 0 Å². The average Bonchev–Trinajstić information content (AvgIpc) is 2.28. The highest BCUT2D eigenvalue weighted by molar-refractivity contribution is 7.80. The Hall–Kier alpha value is -1.20. The van der Waals surface area contributed by atoms with Gasteiger partial charge in [-0.25, -0.2) is 4.98 Å². The van der Waals surface area contributed by atoms with E-state index >= 15 is 0 Å². The Morgan fingerprint density at radius 2 is 2.24 bits per heavy atom. The molecule has 0 radical (unpaired) electrons. The lowest BCUT2D eigenvalue weighted by atomic mass is 10.2. The quantitative estimate of drug-likeness (QED) is 0.615. The molecule has 0 bridgehead atoms. The summed E-state index contributed by atoms with van der Waals surface area (Å²) in [5.41, 5.74) is 7.40. The van der Waals surface area contributed by atoms with Gasteiger partial charge in [-0.2, -0.15) is 0 Å². The number of pyridine rings is 1. The molecule has 1 heterocycles. The first kappa shape index (κ1) is 13.9. The van der Waals surface area contributed by atoms with Crippen LogP contribution >= 0.6 is 12.2 Å². The summed E-state index contributed by atoms with van der Waals surface area (Å²) in [5.74, 6) is 0.868. The number of ether oxygens (including phenoxy) is 1. The minimum Gasteiger partial charge on any atom is -0.389 e. The van der Waals surface area contributed by atoms with Crippen LogP contribution in [0.1, 0.15) is 18.2 Å². The lowest BCUT2D eigenvalue weighted by Gasteiger charge is -2.19. The fraction of sp³-hybridized carbons (Fsp3) is 0.500. The van der Waals surface area contributed by atoms with Crippen molar-refractivity contribution < 1.29 is 4.74 Å². The zero-order valence-electron chi connectivity index (χ0n) is 10.6. The number of hydrogen-bond donors (Lipinski definition) is 1. The van der Waals surface area contributed by atoms with Crippen molar-refractivity contribution in [2.24, 2.45) is 5.73 Å². The van der Waals surface area contributed by atoms with Crippen molar-refractivity contribution in [3.05, 3.63) is 23.4 Å². The minimum absolute atomic E-state index is 0.398. The number of aryl methyl sites for hydroxylation is 1. The number of aromatic nitrogens is 1. The zero-order chi connectivity index (χ0) is 12.8. The fourth-order valence-electron chi connectivity index (χ4n) is 1.45. The monoisotopic (exact) mass is 253 g/mol. The molecule has 17 heavy (non-hydrogen) atoms. The first-order valence-electron chi connectivity index (χ1n) is 5.62.